The Bertz CT molecular complexity index is 563. The summed E-state index contributed by atoms with van der Waals surface area (Å²) in [5.41, 5.74) is 0.232. The zero-order valence-corrected chi connectivity index (χ0v) is 13.4. The zero-order chi connectivity index (χ0) is 16.5. The largest absolute Gasteiger partial charge is 0.495 e. The van der Waals surface area contributed by atoms with E-state index in [-0.39, 0.29) is 16.7 Å². The second-order valence-corrected chi connectivity index (χ2v) is 5.01. The van der Waals surface area contributed by atoms with Gasteiger partial charge in [-0.1, -0.05) is 19.8 Å². The molecule has 0 bridgehead atoms. The van der Waals surface area contributed by atoms with Gasteiger partial charge in [0.05, 0.1) is 17.7 Å². The lowest BCUT2D eigenvalue weighted by Gasteiger charge is -2.12. The first kappa shape index (κ1) is 17.8. The molecule has 0 aliphatic heterocycles. The molecule has 120 valence electrons. The van der Waals surface area contributed by atoms with Crippen LogP contribution in [0.25, 0.3) is 0 Å². The number of carbonyl (C=O) groups excluding carboxylic acids is 1. The maximum Gasteiger partial charge on any atom is 0.271 e. The maximum atomic E-state index is 11.7. The number of hydrogen-bond donors (Lipinski definition) is 2. The van der Waals surface area contributed by atoms with Crippen molar-refractivity contribution in [1.29, 1.82) is 0 Å². The molecule has 0 saturated heterocycles. The van der Waals surface area contributed by atoms with Crippen LogP contribution in [0.1, 0.15) is 32.6 Å². The summed E-state index contributed by atoms with van der Waals surface area (Å²) in [5, 5.41) is 16.2. The van der Waals surface area contributed by atoms with E-state index in [0.29, 0.717) is 17.9 Å². The molecule has 0 spiro atoms. The molecule has 1 aromatic rings. The third kappa shape index (κ3) is 5.65. The van der Waals surface area contributed by atoms with E-state index < -0.39 is 4.92 Å². The monoisotopic (exact) mass is 325 g/mol. The van der Waals surface area contributed by atoms with Crippen molar-refractivity contribution in [2.24, 2.45) is 0 Å². The number of carbonyl (C=O) groups is 1. The number of hydrogen-bond acceptors (Lipinski definition) is 5. The molecule has 0 aromatic heterocycles. The van der Waals surface area contributed by atoms with Crippen LogP contribution in [0.4, 0.5) is 11.4 Å². The Morgan fingerprint density at radius 2 is 2.14 bits per heavy atom. The Morgan fingerprint density at radius 3 is 2.73 bits per heavy atom. The number of nitro groups is 1. The summed E-state index contributed by atoms with van der Waals surface area (Å²) in [6.45, 7) is 2.05. The molecule has 0 aliphatic carbocycles. The summed E-state index contributed by atoms with van der Waals surface area (Å²) in [5.74, 6) is 0.212. The summed E-state index contributed by atoms with van der Waals surface area (Å²) in [6.07, 6.45) is 3.19. The van der Waals surface area contributed by atoms with E-state index in [2.05, 4.69) is 17.6 Å². The first-order chi connectivity index (χ1) is 10.5. The molecule has 0 fully saturated rings. The van der Waals surface area contributed by atoms with Crippen LogP contribution >= 0.6 is 12.2 Å². The van der Waals surface area contributed by atoms with E-state index >= 15 is 0 Å². The Morgan fingerprint density at radius 1 is 1.41 bits per heavy atom. The van der Waals surface area contributed by atoms with Gasteiger partial charge in [-0.2, -0.15) is 0 Å². The van der Waals surface area contributed by atoms with Gasteiger partial charge in [0.1, 0.15) is 5.75 Å². The molecular formula is C14H19N3O4S. The summed E-state index contributed by atoms with van der Waals surface area (Å²) < 4.78 is 5.11. The predicted molar refractivity (Wildman–Crippen MR) is 88.2 cm³/mol. The van der Waals surface area contributed by atoms with Gasteiger partial charge in [-0.3, -0.25) is 14.9 Å². The van der Waals surface area contributed by atoms with Gasteiger partial charge in [-0.25, -0.2) is 0 Å². The minimum Gasteiger partial charge on any atom is -0.495 e. The number of anilines is 1. The number of nitro benzene ring substituents is 1. The molecule has 0 atom stereocenters. The van der Waals surface area contributed by atoms with E-state index in [1.54, 1.807) is 0 Å². The lowest BCUT2D eigenvalue weighted by molar-refractivity contribution is -0.384. The summed E-state index contributed by atoms with van der Waals surface area (Å²) >= 11 is 5.04. The molecule has 0 saturated carbocycles. The third-order valence-corrected chi connectivity index (χ3v) is 3.11. The van der Waals surface area contributed by atoms with Crippen molar-refractivity contribution in [3.63, 3.8) is 0 Å². The molecule has 7 nitrogen and oxygen atoms in total. The van der Waals surface area contributed by atoms with Gasteiger partial charge < -0.3 is 15.4 Å². The van der Waals surface area contributed by atoms with Crippen LogP contribution in [-0.4, -0.2) is 23.1 Å². The first-order valence-corrected chi connectivity index (χ1v) is 7.32. The van der Waals surface area contributed by atoms with Crippen molar-refractivity contribution in [3.8, 4) is 5.75 Å². The minimum absolute atomic E-state index is 0.0836. The maximum absolute atomic E-state index is 11.7. The van der Waals surface area contributed by atoms with Crippen LogP contribution in [0.2, 0.25) is 0 Å². The molecule has 2 N–H and O–H groups in total. The van der Waals surface area contributed by atoms with Gasteiger partial charge >= 0.3 is 0 Å². The summed E-state index contributed by atoms with van der Waals surface area (Å²) in [6, 6.07) is 4.09. The predicted octanol–water partition coefficient (Wildman–Crippen LogP) is 3.00. The van der Waals surface area contributed by atoms with Crippen LogP contribution < -0.4 is 15.4 Å². The zero-order valence-electron chi connectivity index (χ0n) is 12.5. The van der Waals surface area contributed by atoms with Crippen molar-refractivity contribution >= 4 is 34.6 Å². The number of ether oxygens (including phenoxy) is 1. The van der Waals surface area contributed by atoms with Gasteiger partial charge in [0.15, 0.2) is 5.11 Å². The van der Waals surface area contributed by atoms with Crippen molar-refractivity contribution < 1.29 is 14.5 Å². The smallest absolute Gasteiger partial charge is 0.271 e. The number of unbranched alkanes of at least 4 members (excludes halogenated alkanes) is 2. The fourth-order valence-corrected chi connectivity index (χ4v) is 2.01. The lowest BCUT2D eigenvalue weighted by atomic mass is 10.2. The quantitative estimate of drug-likeness (QED) is 0.346. The number of non-ortho nitro benzene ring substituents is 1. The van der Waals surface area contributed by atoms with Gasteiger partial charge in [-0.05, 0) is 24.7 Å². The fourth-order valence-electron chi connectivity index (χ4n) is 1.79. The van der Waals surface area contributed by atoms with Crippen LogP contribution in [0, 0.1) is 10.1 Å². The molecular weight excluding hydrogens is 306 g/mol. The average Bonchev–Trinajstić information content (AvgIpc) is 2.47. The van der Waals surface area contributed by atoms with Crippen molar-refractivity contribution in [1.82, 2.24) is 5.32 Å². The molecule has 1 aromatic carbocycles. The van der Waals surface area contributed by atoms with Gasteiger partial charge in [0.25, 0.3) is 5.69 Å². The average molecular weight is 325 g/mol. The van der Waals surface area contributed by atoms with Crippen LogP contribution in [0.15, 0.2) is 18.2 Å². The number of methoxy groups -OCH3 is 1. The molecule has 22 heavy (non-hydrogen) atoms. The van der Waals surface area contributed by atoms with Crippen LogP contribution in [0.3, 0.4) is 0 Å². The Hall–Kier alpha value is -2.22. The number of nitrogens with zero attached hydrogens (tertiary/aromatic N) is 1. The minimum atomic E-state index is -0.517. The van der Waals surface area contributed by atoms with E-state index in [1.165, 1.54) is 25.3 Å². The lowest BCUT2D eigenvalue weighted by Crippen LogP contribution is -2.34. The van der Waals surface area contributed by atoms with Crippen LogP contribution in [-0.2, 0) is 4.79 Å². The fraction of sp³-hybridized carbons (Fsp3) is 0.429. The van der Waals surface area contributed by atoms with E-state index in [9.17, 15) is 14.9 Å². The highest BCUT2D eigenvalue weighted by molar-refractivity contribution is 7.80. The first-order valence-electron chi connectivity index (χ1n) is 6.91. The number of thiocarbonyl (C=S) groups is 1. The molecule has 0 unspecified atom stereocenters. The van der Waals surface area contributed by atoms with Crippen molar-refractivity contribution in [2.45, 2.75) is 32.6 Å². The number of amides is 1. The highest BCUT2D eigenvalue weighted by Crippen LogP contribution is 2.28. The van der Waals surface area contributed by atoms with E-state index in [0.717, 1.165) is 19.3 Å². The third-order valence-electron chi connectivity index (χ3n) is 2.90. The highest BCUT2D eigenvalue weighted by Gasteiger charge is 2.13. The van der Waals surface area contributed by atoms with Gasteiger partial charge in [0, 0.05) is 18.6 Å². The molecule has 1 amide bonds. The molecule has 0 heterocycles. The molecule has 0 aliphatic rings. The topological polar surface area (TPSA) is 93.5 Å². The Kier molecular flexibility index (Phi) is 7.24. The molecule has 0 radical (unpaired) electrons. The van der Waals surface area contributed by atoms with E-state index in [4.69, 9.17) is 17.0 Å². The Labute approximate surface area is 134 Å². The molecule has 8 heteroatoms. The Balaban J connectivity index is 2.68. The second kappa shape index (κ2) is 8.93. The van der Waals surface area contributed by atoms with Gasteiger partial charge in [0.2, 0.25) is 5.91 Å². The SMILES string of the molecule is CCCCCC(=O)NC(=S)Nc1cc([N+](=O)[O-])ccc1OC. The standard InChI is InChI=1S/C14H19N3O4S/c1-3-4-5-6-13(18)16-14(22)15-11-9-10(17(19)20)7-8-12(11)21-2/h7-9H,3-6H2,1-2H3,(H2,15,16,18,22). The summed E-state index contributed by atoms with van der Waals surface area (Å²) in [4.78, 5) is 22.0. The highest BCUT2D eigenvalue weighted by atomic mass is 32.1. The molecule has 1 rings (SSSR count). The normalized spacial score (nSPS) is 9.91. The van der Waals surface area contributed by atoms with Gasteiger partial charge in [-0.15, -0.1) is 0 Å². The number of nitrogens with one attached hydrogen (secondary N) is 2. The van der Waals surface area contributed by atoms with Crippen molar-refractivity contribution in [2.75, 3.05) is 12.4 Å². The van der Waals surface area contributed by atoms with Crippen LogP contribution in [0.5, 0.6) is 5.75 Å². The number of rotatable bonds is 7. The second-order valence-electron chi connectivity index (χ2n) is 4.60. The van der Waals surface area contributed by atoms with E-state index in [1.807, 2.05) is 0 Å². The van der Waals surface area contributed by atoms with Crippen molar-refractivity contribution in [3.05, 3.63) is 28.3 Å². The number of benzene rings is 1. The summed E-state index contributed by atoms with van der Waals surface area (Å²) in [7, 11) is 1.44.